The Bertz CT molecular complexity index is 120. The van der Waals surface area contributed by atoms with Crippen LogP contribution in [0.1, 0.15) is 13.8 Å². The summed E-state index contributed by atoms with van der Waals surface area (Å²) in [6.07, 6.45) is 1.92. The Hall–Kier alpha value is -0.995. The summed E-state index contributed by atoms with van der Waals surface area (Å²) in [5.41, 5.74) is 0. The van der Waals surface area contributed by atoms with Crippen LogP contribution in [-0.4, -0.2) is 19.8 Å². The Morgan fingerprint density at radius 2 is 1.73 bits per heavy atom. The van der Waals surface area contributed by atoms with Gasteiger partial charge in [-0.15, -0.1) is 0 Å². The lowest BCUT2D eigenvalue weighted by Gasteiger charge is -2.11. The molecular formula is C6H13BN2O2. The second kappa shape index (κ2) is 5.76. The van der Waals surface area contributed by atoms with Crippen LogP contribution in [0, 0.1) is 5.92 Å². The maximum Gasteiger partial charge on any atom is 0.374 e. The van der Waals surface area contributed by atoms with Crippen LogP contribution in [0.5, 0.6) is 0 Å². The fourth-order valence-corrected chi connectivity index (χ4v) is 0.820. The molecule has 0 aromatic heterocycles. The largest absolute Gasteiger partial charge is 0.382 e. The van der Waals surface area contributed by atoms with Gasteiger partial charge in [0.2, 0.25) is 0 Å². The van der Waals surface area contributed by atoms with Crippen LogP contribution >= 0.6 is 0 Å². The summed E-state index contributed by atoms with van der Waals surface area (Å²) in [5, 5.41) is 4.98. The number of carbonyl (C=O) groups excluding carboxylic acids is 2. The zero-order valence-corrected chi connectivity index (χ0v) is 6.83. The number of hydrogen-bond acceptors (Lipinski definition) is 2. The van der Waals surface area contributed by atoms with Crippen molar-refractivity contribution >= 4 is 19.8 Å². The standard InChI is InChI=1S/C6H13BN2O2/c1-6(2)3-7(8-4-10)9-5-11/h4-6H,3H2,1-2H3,(H,8,10)(H,9,11). The second-order valence-corrected chi connectivity index (χ2v) is 2.75. The van der Waals surface area contributed by atoms with Gasteiger partial charge in [0, 0.05) is 0 Å². The first-order chi connectivity index (χ1) is 5.20. The highest BCUT2D eigenvalue weighted by Gasteiger charge is 2.14. The van der Waals surface area contributed by atoms with E-state index in [1.165, 1.54) is 0 Å². The molecule has 0 aliphatic carbocycles. The molecule has 0 rings (SSSR count). The highest BCUT2D eigenvalue weighted by molar-refractivity contribution is 6.57. The molecule has 0 atom stereocenters. The maximum absolute atomic E-state index is 10.0. The van der Waals surface area contributed by atoms with Gasteiger partial charge in [-0.2, -0.15) is 0 Å². The fraction of sp³-hybridized carbons (Fsp3) is 0.667. The van der Waals surface area contributed by atoms with E-state index < -0.39 is 0 Å². The van der Waals surface area contributed by atoms with E-state index in [-0.39, 0.29) is 6.98 Å². The zero-order valence-electron chi connectivity index (χ0n) is 6.83. The molecule has 0 aromatic rings. The Labute approximate surface area is 66.9 Å². The van der Waals surface area contributed by atoms with Gasteiger partial charge in [-0.1, -0.05) is 13.8 Å². The topological polar surface area (TPSA) is 58.2 Å². The Kier molecular flexibility index (Phi) is 5.24. The van der Waals surface area contributed by atoms with Gasteiger partial charge in [0.25, 0.3) is 0 Å². The normalized spacial score (nSPS) is 9.00. The van der Waals surface area contributed by atoms with Crippen molar-refractivity contribution < 1.29 is 9.59 Å². The van der Waals surface area contributed by atoms with Crippen LogP contribution in [-0.2, 0) is 9.59 Å². The smallest absolute Gasteiger partial charge is 0.374 e. The van der Waals surface area contributed by atoms with E-state index in [0.717, 1.165) is 6.32 Å². The molecule has 0 saturated carbocycles. The van der Waals surface area contributed by atoms with Crippen molar-refractivity contribution in [2.24, 2.45) is 5.92 Å². The molecule has 0 unspecified atom stereocenters. The quantitative estimate of drug-likeness (QED) is 0.406. The van der Waals surface area contributed by atoms with Gasteiger partial charge in [-0.05, 0) is 12.2 Å². The summed E-state index contributed by atoms with van der Waals surface area (Å²) < 4.78 is 0. The van der Waals surface area contributed by atoms with Crippen LogP contribution in [0.4, 0.5) is 0 Å². The molecule has 62 valence electrons. The Morgan fingerprint density at radius 1 is 1.27 bits per heavy atom. The van der Waals surface area contributed by atoms with Gasteiger partial charge in [0.1, 0.15) is 0 Å². The predicted octanol–water partition coefficient (Wildman–Crippen LogP) is -0.377. The highest BCUT2D eigenvalue weighted by atomic mass is 16.1. The number of carbonyl (C=O) groups is 2. The predicted molar refractivity (Wildman–Crippen MR) is 43.8 cm³/mol. The highest BCUT2D eigenvalue weighted by Crippen LogP contribution is 2.00. The third-order valence-electron chi connectivity index (χ3n) is 1.25. The molecule has 5 heteroatoms. The Morgan fingerprint density at radius 3 is 2.00 bits per heavy atom. The number of nitrogens with one attached hydrogen (secondary N) is 2. The third kappa shape index (κ3) is 5.45. The summed E-state index contributed by atoms with van der Waals surface area (Å²) >= 11 is 0. The van der Waals surface area contributed by atoms with Gasteiger partial charge in [0.05, 0.1) is 0 Å². The van der Waals surface area contributed by atoms with Crippen molar-refractivity contribution in [2.45, 2.75) is 20.2 Å². The van der Waals surface area contributed by atoms with Gasteiger partial charge >= 0.3 is 6.98 Å². The molecule has 0 aliphatic heterocycles. The molecule has 0 bridgehead atoms. The van der Waals surface area contributed by atoms with Crippen LogP contribution in [0.3, 0.4) is 0 Å². The number of amides is 2. The van der Waals surface area contributed by atoms with E-state index in [1.54, 1.807) is 0 Å². The minimum Gasteiger partial charge on any atom is -0.382 e. The molecule has 0 spiro atoms. The number of hydrogen-bond donors (Lipinski definition) is 2. The van der Waals surface area contributed by atoms with E-state index in [4.69, 9.17) is 0 Å². The van der Waals surface area contributed by atoms with E-state index in [1.807, 2.05) is 13.8 Å². The Balaban J connectivity index is 3.67. The first-order valence-electron chi connectivity index (χ1n) is 3.60. The van der Waals surface area contributed by atoms with Crippen molar-refractivity contribution in [3.05, 3.63) is 0 Å². The molecule has 2 N–H and O–H groups in total. The van der Waals surface area contributed by atoms with E-state index in [0.29, 0.717) is 18.7 Å². The lowest BCUT2D eigenvalue weighted by atomic mass is 9.69. The summed E-state index contributed by atoms with van der Waals surface area (Å²) in [7, 11) is 0. The lowest BCUT2D eigenvalue weighted by molar-refractivity contribution is -0.108. The van der Waals surface area contributed by atoms with Crippen LogP contribution < -0.4 is 10.5 Å². The lowest BCUT2D eigenvalue weighted by Crippen LogP contribution is -2.46. The first kappa shape index (κ1) is 10.0. The summed E-state index contributed by atoms with van der Waals surface area (Å²) in [5.74, 6) is 0.444. The van der Waals surface area contributed by atoms with Crippen molar-refractivity contribution in [2.75, 3.05) is 0 Å². The molecular weight excluding hydrogens is 143 g/mol. The van der Waals surface area contributed by atoms with Crippen LogP contribution in [0.2, 0.25) is 6.32 Å². The molecule has 0 fully saturated rings. The second-order valence-electron chi connectivity index (χ2n) is 2.75. The maximum atomic E-state index is 10.0. The van der Waals surface area contributed by atoms with E-state index in [9.17, 15) is 9.59 Å². The van der Waals surface area contributed by atoms with Gasteiger partial charge in [0.15, 0.2) is 12.8 Å². The average molecular weight is 156 g/mol. The minimum absolute atomic E-state index is 0.231. The molecule has 0 radical (unpaired) electrons. The molecule has 2 amide bonds. The van der Waals surface area contributed by atoms with Gasteiger partial charge in [-0.3, -0.25) is 9.59 Å². The van der Waals surface area contributed by atoms with Crippen molar-refractivity contribution in [1.82, 2.24) is 10.5 Å². The van der Waals surface area contributed by atoms with Crippen LogP contribution in [0.25, 0.3) is 0 Å². The summed E-state index contributed by atoms with van der Waals surface area (Å²) in [4.78, 5) is 20.0. The van der Waals surface area contributed by atoms with Crippen LogP contribution in [0.15, 0.2) is 0 Å². The summed E-state index contributed by atoms with van der Waals surface area (Å²) in [6, 6.07) is 0. The zero-order chi connectivity index (χ0) is 8.69. The van der Waals surface area contributed by atoms with Gasteiger partial charge in [-0.25, -0.2) is 0 Å². The van der Waals surface area contributed by atoms with Crippen molar-refractivity contribution in [3.63, 3.8) is 0 Å². The average Bonchev–Trinajstić information content (AvgIpc) is 1.87. The van der Waals surface area contributed by atoms with E-state index in [2.05, 4.69) is 10.5 Å². The SMILES string of the molecule is CC(C)CB(NC=O)NC=O. The van der Waals surface area contributed by atoms with Gasteiger partial charge < -0.3 is 10.5 Å². The fourth-order valence-electron chi connectivity index (χ4n) is 0.820. The molecule has 0 heterocycles. The van der Waals surface area contributed by atoms with E-state index >= 15 is 0 Å². The molecule has 11 heavy (non-hydrogen) atoms. The minimum atomic E-state index is -0.231. The third-order valence-corrected chi connectivity index (χ3v) is 1.25. The monoisotopic (exact) mass is 156 g/mol. The molecule has 4 nitrogen and oxygen atoms in total. The number of rotatable bonds is 6. The van der Waals surface area contributed by atoms with Crippen molar-refractivity contribution in [1.29, 1.82) is 0 Å². The summed E-state index contributed by atoms with van der Waals surface area (Å²) in [6.45, 7) is 3.81. The van der Waals surface area contributed by atoms with Crippen molar-refractivity contribution in [3.8, 4) is 0 Å². The molecule has 0 aromatic carbocycles. The molecule has 0 saturated heterocycles. The first-order valence-corrected chi connectivity index (χ1v) is 3.60. The molecule has 0 aliphatic rings.